The van der Waals surface area contributed by atoms with Crippen LogP contribution >= 0.6 is 0 Å². The van der Waals surface area contributed by atoms with Crippen LogP contribution in [0.2, 0.25) is 0 Å². The Bertz CT molecular complexity index is 707. The summed E-state index contributed by atoms with van der Waals surface area (Å²) in [4.78, 5) is 28.9. The minimum absolute atomic E-state index is 0.0718. The van der Waals surface area contributed by atoms with Gasteiger partial charge in [0, 0.05) is 35.9 Å². The second kappa shape index (κ2) is 5.12. The molecule has 6 heteroatoms. The van der Waals surface area contributed by atoms with Crippen LogP contribution in [0, 0.1) is 5.92 Å². The molecule has 1 aromatic heterocycles. The molecule has 1 unspecified atom stereocenters. The number of esters is 1. The number of hydrogen-bond donors (Lipinski definition) is 2. The van der Waals surface area contributed by atoms with E-state index in [1.54, 1.807) is 23.2 Å². The molecular weight excluding hydrogens is 270 g/mol. The summed E-state index contributed by atoms with van der Waals surface area (Å²) in [5, 5.41) is 0.843. The number of nitrogen functional groups attached to an aromatic ring is 1. The number of likely N-dealkylation sites (tertiary alicyclic amines) is 1. The van der Waals surface area contributed by atoms with Gasteiger partial charge in [0.05, 0.1) is 18.6 Å². The topological polar surface area (TPSA) is 88.4 Å². The van der Waals surface area contributed by atoms with E-state index in [0.717, 1.165) is 10.9 Å². The summed E-state index contributed by atoms with van der Waals surface area (Å²) in [5.74, 6) is -0.547. The lowest BCUT2D eigenvalue weighted by Crippen LogP contribution is -2.30. The molecule has 1 aromatic carbocycles. The van der Waals surface area contributed by atoms with Crippen molar-refractivity contribution in [3.05, 3.63) is 30.0 Å². The molecule has 1 amide bonds. The minimum Gasteiger partial charge on any atom is -0.469 e. The maximum absolute atomic E-state index is 12.6. The molecule has 1 aliphatic rings. The van der Waals surface area contributed by atoms with Crippen molar-refractivity contribution in [3.8, 4) is 0 Å². The van der Waals surface area contributed by atoms with Crippen LogP contribution in [-0.2, 0) is 9.53 Å². The first-order chi connectivity index (χ1) is 10.1. The Balaban J connectivity index is 1.83. The van der Waals surface area contributed by atoms with Gasteiger partial charge in [-0.1, -0.05) is 0 Å². The largest absolute Gasteiger partial charge is 0.469 e. The van der Waals surface area contributed by atoms with Gasteiger partial charge in [-0.15, -0.1) is 0 Å². The SMILES string of the molecule is COC(=O)C1CCN(C(=O)c2c[nH]c3cc(N)ccc23)C1. The highest BCUT2D eigenvalue weighted by Gasteiger charge is 2.32. The summed E-state index contributed by atoms with van der Waals surface area (Å²) in [7, 11) is 1.37. The zero-order chi connectivity index (χ0) is 15.0. The number of methoxy groups -OCH3 is 1. The highest BCUT2D eigenvalue weighted by molar-refractivity contribution is 6.07. The smallest absolute Gasteiger partial charge is 0.310 e. The van der Waals surface area contributed by atoms with Gasteiger partial charge >= 0.3 is 5.97 Å². The van der Waals surface area contributed by atoms with E-state index in [2.05, 4.69) is 4.98 Å². The fraction of sp³-hybridized carbons (Fsp3) is 0.333. The van der Waals surface area contributed by atoms with Gasteiger partial charge in [-0.2, -0.15) is 0 Å². The summed E-state index contributed by atoms with van der Waals surface area (Å²) in [6.07, 6.45) is 2.34. The van der Waals surface area contributed by atoms with Crippen LogP contribution in [0.1, 0.15) is 16.8 Å². The van der Waals surface area contributed by atoms with Gasteiger partial charge < -0.3 is 20.4 Å². The van der Waals surface area contributed by atoms with E-state index < -0.39 is 0 Å². The molecule has 6 nitrogen and oxygen atoms in total. The molecule has 2 aromatic rings. The van der Waals surface area contributed by atoms with Gasteiger partial charge in [-0.3, -0.25) is 9.59 Å². The molecule has 3 N–H and O–H groups in total. The Morgan fingerprint density at radius 3 is 3.00 bits per heavy atom. The van der Waals surface area contributed by atoms with E-state index >= 15 is 0 Å². The lowest BCUT2D eigenvalue weighted by molar-refractivity contribution is -0.144. The molecule has 1 saturated heterocycles. The molecule has 110 valence electrons. The van der Waals surface area contributed by atoms with Crippen LogP contribution < -0.4 is 5.73 Å². The van der Waals surface area contributed by atoms with Crippen molar-refractivity contribution in [1.82, 2.24) is 9.88 Å². The zero-order valence-electron chi connectivity index (χ0n) is 11.8. The van der Waals surface area contributed by atoms with Crippen LogP contribution in [0.25, 0.3) is 10.9 Å². The van der Waals surface area contributed by atoms with Gasteiger partial charge in [0.15, 0.2) is 0 Å². The van der Waals surface area contributed by atoms with Crippen molar-refractivity contribution in [1.29, 1.82) is 0 Å². The third kappa shape index (κ3) is 2.33. The van der Waals surface area contributed by atoms with E-state index in [-0.39, 0.29) is 17.8 Å². The quantitative estimate of drug-likeness (QED) is 0.645. The second-order valence-corrected chi connectivity index (χ2v) is 5.27. The summed E-state index contributed by atoms with van der Waals surface area (Å²) < 4.78 is 4.74. The molecule has 2 heterocycles. The second-order valence-electron chi connectivity index (χ2n) is 5.27. The lowest BCUT2D eigenvalue weighted by Gasteiger charge is -2.15. The first kappa shape index (κ1) is 13.5. The number of hydrogen-bond acceptors (Lipinski definition) is 4. The molecule has 1 atom stereocenters. The Morgan fingerprint density at radius 1 is 1.43 bits per heavy atom. The van der Waals surface area contributed by atoms with E-state index in [0.29, 0.717) is 30.8 Å². The Hall–Kier alpha value is -2.50. The number of aromatic amines is 1. The van der Waals surface area contributed by atoms with E-state index in [9.17, 15) is 9.59 Å². The van der Waals surface area contributed by atoms with Crippen molar-refractivity contribution < 1.29 is 14.3 Å². The number of H-pyrrole nitrogens is 1. The average Bonchev–Trinajstić information content (AvgIpc) is 3.12. The van der Waals surface area contributed by atoms with Crippen LogP contribution in [0.5, 0.6) is 0 Å². The number of rotatable bonds is 2. The van der Waals surface area contributed by atoms with Crippen molar-refractivity contribution in [2.24, 2.45) is 5.92 Å². The monoisotopic (exact) mass is 287 g/mol. The van der Waals surface area contributed by atoms with Gasteiger partial charge in [-0.05, 0) is 24.6 Å². The van der Waals surface area contributed by atoms with Crippen LogP contribution in [0.15, 0.2) is 24.4 Å². The number of nitrogens with one attached hydrogen (secondary N) is 1. The molecule has 0 bridgehead atoms. The molecule has 3 rings (SSSR count). The van der Waals surface area contributed by atoms with Crippen molar-refractivity contribution in [2.45, 2.75) is 6.42 Å². The third-order valence-electron chi connectivity index (χ3n) is 3.95. The Labute approximate surface area is 121 Å². The highest BCUT2D eigenvalue weighted by Crippen LogP contribution is 2.25. The van der Waals surface area contributed by atoms with Crippen LogP contribution in [-0.4, -0.2) is 42.0 Å². The predicted octanol–water partition coefficient (Wildman–Crippen LogP) is 1.39. The lowest BCUT2D eigenvalue weighted by atomic mass is 10.1. The molecule has 1 aliphatic heterocycles. The van der Waals surface area contributed by atoms with Crippen molar-refractivity contribution in [3.63, 3.8) is 0 Å². The summed E-state index contributed by atoms with van der Waals surface area (Å²) in [6.45, 7) is 0.980. The number of benzene rings is 1. The maximum Gasteiger partial charge on any atom is 0.310 e. The average molecular weight is 287 g/mol. The molecule has 0 radical (unpaired) electrons. The summed E-state index contributed by atoms with van der Waals surface area (Å²) >= 11 is 0. The first-order valence-corrected chi connectivity index (χ1v) is 6.84. The maximum atomic E-state index is 12.6. The molecule has 0 spiro atoms. The number of nitrogens with two attached hydrogens (primary N) is 1. The van der Waals surface area contributed by atoms with Crippen LogP contribution in [0.3, 0.4) is 0 Å². The van der Waals surface area contributed by atoms with E-state index in [1.165, 1.54) is 7.11 Å². The van der Waals surface area contributed by atoms with Crippen molar-refractivity contribution >= 4 is 28.5 Å². The number of anilines is 1. The molecule has 1 fully saturated rings. The number of aromatic nitrogens is 1. The van der Waals surface area contributed by atoms with E-state index in [4.69, 9.17) is 10.5 Å². The first-order valence-electron chi connectivity index (χ1n) is 6.84. The number of carbonyl (C=O) groups is 2. The van der Waals surface area contributed by atoms with Crippen molar-refractivity contribution in [2.75, 3.05) is 25.9 Å². The molecular formula is C15H17N3O3. The van der Waals surface area contributed by atoms with Gasteiger partial charge in [-0.25, -0.2) is 0 Å². The molecule has 0 saturated carbocycles. The van der Waals surface area contributed by atoms with E-state index in [1.807, 2.05) is 6.07 Å². The van der Waals surface area contributed by atoms with Crippen LogP contribution in [0.4, 0.5) is 5.69 Å². The van der Waals surface area contributed by atoms with Gasteiger partial charge in [0.2, 0.25) is 0 Å². The zero-order valence-corrected chi connectivity index (χ0v) is 11.8. The highest BCUT2D eigenvalue weighted by atomic mass is 16.5. The molecule has 0 aliphatic carbocycles. The third-order valence-corrected chi connectivity index (χ3v) is 3.95. The standard InChI is InChI=1S/C15H17N3O3/c1-21-15(20)9-4-5-18(8-9)14(19)12-7-17-13-6-10(16)2-3-11(12)13/h2-3,6-7,9,17H,4-5,8,16H2,1H3. The number of amides is 1. The number of nitrogens with zero attached hydrogens (tertiary/aromatic N) is 1. The van der Waals surface area contributed by atoms with Gasteiger partial charge in [0.25, 0.3) is 5.91 Å². The summed E-state index contributed by atoms with van der Waals surface area (Å²) in [5.41, 5.74) is 7.82. The number of ether oxygens (including phenoxy) is 1. The number of carbonyl (C=O) groups excluding carboxylic acids is 2. The number of fused-ring (bicyclic) bond motifs is 1. The fourth-order valence-corrected chi connectivity index (χ4v) is 2.79. The van der Waals surface area contributed by atoms with Gasteiger partial charge in [0.1, 0.15) is 0 Å². The normalized spacial score (nSPS) is 18.1. The molecule has 21 heavy (non-hydrogen) atoms. The Morgan fingerprint density at radius 2 is 2.24 bits per heavy atom. The minimum atomic E-state index is -0.253. The Kier molecular flexibility index (Phi) is 3.29. The fourth-order valence-electron chi connectivity index (χ4n) is 2.79. The predicted molar refractivity (Wildman–Crippen MR) is 78.7 cm³/mol. The summed E-state index contributed by atoms with van der Waals surface area (Å²) in [6, 6.07) is 5.41.